The minimum Gasteiger partial charge on any atom is -0.388 e. The second kappa shape index (κ2) is 8.06. The Morgan fingerprint density at radius 3 is 2.89 bits per heavy atom. The third-order valence-corrected chi connectivity index (χ3v) is 3.27. The van der Waals surface area contributed by atoms with Crippen LogP contribution < -0.4 is 5.32 Å². The molecule has 1 rings (SSSR count). The van der Waals surface area contributed by atoms with Crippen molar-refractivity contribution in [2.45, 2.75) is 32.9 Å². The van der Waals surface area contributed by atoms with Crippen molar-refractivity contribution in [3.63, 3.8) is 0 Å². The van der Waals surface area contributed by atoms with E-state index >= 15 is 0 Å². The number of aromatic nitrogens is 1. The zero-order valence-corrected chi connectivity index (χ0v) is 11.9. The van der Waals surface area contributed by atoms with E-state index in [9.17, 15) is 0 Å². The van der Waals surface area contributed by atoms with Crippen molar-refractivity contribution < 1.29 is 4.74 Å². The Hall–Kier alpha value is -1.13. The number of methoxy groups -OCH3 is 1. The van der Waals surface area contributed by atoms with Gasteiger partial charge in [0.25, 0.3) is 0 Å². The third-order valence-electron chi connectivity index (χ3n) is 3.27. The molecule has 4 heteroatoms. The van der Waals surface area contributed by atoms with Crippen molar-refractivity contribution in [1.29, 1.82) is 0 Å². The number of pyridine rings is 1. The molecular formula is C14H25N3O. The second-order valence-corrected chi connectivity index (χ2v) is 4.51. The summed E-state index contributed by atoms with van der Waals surface area (Å²) in [6.45, 7) is 7.03. The first-order valence-electron chi connectivity index (χ1n) is 6.57. The van der Waals surface area contributed by atoms with E-state index in [2.05, 4.69) is 35.1 Å². The van der Waals surface area contributed by atoms with Crippen LogP contribution in [0.25, 0.3) is 0 Å². The summed E-state index contributed by atoms with van der Waals surface area (Å²) in [5.41, 5.74) is 2.20. The molecule has 1 atom stereocenters. The summed E-state index contributed by atoms with van der Waals surface area (Å²) in [5, 5.41) is 3.14. The van der Waals surface area contributed by atoms with Gasteiger partial charge in [-0.15, -0.1) is 0 Å². The SMILES string of the molecule is CCC(C)N(CCOC)Cc1cc(NC)ccn1. The predicted octanol–water partition coefficient (Wildman–Crippen LogP) is 2.37. The van der Waals surface area contributed by atoms with Gasteiger partial charge in [0.2, 0.25) is 0 Å². The Balaban J connectivity index is 2.68. The van der Waals surface area contributed by atoms with Crippen LogP contribution in [-0.4, -0.2) is 43.2 Å². The van der Waals surface area contributed by atoms with Crippen LogP contribution in [0.3, 0.4) is 0 Å². The highest BCUT2D eigenvalue weighted by molar-refractivity contribution is 5.42. The summed E-state index contributed by atoms with van der Waals surface area (Å²) >= 11 is 0. The molecule has 102 valence electrons. The third kappa shape index (κ3) is 4.63. The van der Waals surface area contributed by atoms with E-state index in [1.165, 1.54) is 0 Å². The summed E-state index contributed by atoms with van der Waals surface area (Å²) in [4.78, 5) is 6.84. The zero-order chi connectivity index (χ0) is 13.4. The first-order valence-corrected chi connectivity index (χ1v) is 6.57. The first-order chi connectivity index (χ1) is 8.71. The lowest BCUT2D eigenvalue weighted by Crippen LogP contribution is -2.35. The molecule has 0 saturated heterocycles. The van der Waals surface area contributed by atoms with Gasteiger partial charge in [-0.05, 0) is 25.5 Å². The summed E-state index contributed by atoms with van der Waals surface area (Å²) < 4.78 is 5.18. The molecule has 0 aliphatic heterocycles. The smallest absolute Gasteiger partial charge is 0.0589 e. The highest BCUT2D eigenvalue weighted by atomic mass is 16.5. The molecule has 1 aromatic rings. The van der Waals surface area contributed by atoms with Gasteiger partial charge in [0.15, 0.2) is 0 Å². The number of hydrogen-bond acceptors (Lipinski definition) is 4. The van der Waals surface area contributed by atoms with Gasteiger partial charge in [-0.25, -0.2) is 0 Å². The van der Waals surface area contributed by atoms with E-state index in [1.54, 1.807) is 7.11 Å². The zero-order valence-electron chi connectivity index (χ0n) is 11.9. The number of nitrogens with one attached hydrogen (secondary N) is 1. The highest BCUT2D eigenvalue weighted by Gasteiger charge is 2.13. The van der Waals surface area contributed by atoms with Gasteiger partial charge >= 0.3 is 0 Å². The molecule has 18 heavy (non-hydrogen) atoms. The van der Waals surface area contributed by atoms with Gasteiger partial charge in [-0.3, -0.25) is 9.88 Å². The highest BCUT2D eigenvalue weighted by Crippen LogP contribution is 2.12. The normalized spacial score (nSPS) is 12.7. The monoisotopic (exact) mass is 251 g/mol. The molecule has 0 saturated carbocycles. The maximum Gasteiger partial charge on any atom is 0.0589 e. The molecule has 0 aliphatic rings. The Morgan fingerprint density at radius 2 is 2.28 bits per heavy atom. The van der Waals surface area contributed by atoms with E-state index in [1.807, 2.05) is 19.3 Å². The van der Waals surface area contributed by atoms with Gasteiger partial charge in [0, 0.05) is 45.2 Å². The minimum atomic E-state index is 0.542. The van der Waals surface area contributed by atoms with Crippen LogP contribution in [0.2, 0.25) is 0 Å². The summed E-state index contributed by atoms with van der Waals surface area (Å²) in [7, 11) is 3.67. The molecule has 0 aromatic carbocycles. The van der Waals surface area contributed by atoms with Crippen LogP contribution in [0.1, 0.15) is 26.0 Å². The second-order valence-electron chi connectivity index (χ2n) is 4.51. The number of hydrogen-bond donors (Lipinski definition) is 1. The number of ether oxygens (including phenoxy) is 1. The van der Waals surface area contributed by atoms with Gasteiger partial charge < -0.3 is 10.1 Å². The van der Waals surface area contributed by atoms with Crippen molar-refractivity contribution >= 4 is 5.69 Å². The molecule has 0 amide bonds. The molecule has 4 nitrogen and oxygen atoms in total. The molecule has 1 unspecified atom stereocenters. The Labute approximate surface area is 110 Å². The largest absolute Gasteiger partial charge is 0.388 e. The van der Waals surface area contributed by atoms with Crippen LogP contribution in [0.15, 0.2) is 18.3 Å². The lowest BCUT2D eigenvalue weighted by molar-refractivity contribution is 0.117. The standard InChI is InChI=1S/C14H25N3O/c1-5-12(2)17(8-9-18-4)11-14-10-13(15-3)6-7-16-14/h6-7,10,12H,5,8-9,11H2,1-4H3,(H,15,16). The molecule has 1 N–H and O–H groups in total. The van der Waals surface area contributed by atoms with E-state index in [0.717, 1.165) is 37.5 Å². The predicted molar refractivity (Wildman–Crippen MR) is 75.8 cm³/mol. The van der Waals surface area contributed by atoms with Crippen LogP contribution in [-0.2, 0) is 11.3 Å². The Morgan fingerprint density at radius 1 is 1.50 bits per heavy atom. The van der Waals surface area contributed by atoms with Gasteiger partial charge in [-0.1, -0.05) is 6.92 Å². The molecule has 0 fully saturated rings. The van der Waals surface area contributed by atoms with E-state index in [0.29, 0.717) is 6.04 Å². The fourth-order valence-electron chi connectivity index (χ4n) is 1.85. The van der Waals surface area contributed by atoms with Crippen molar-refractivity contribution in [2.24, 2.45) is 0 Å². The maximum absolute atomic E-state index is 5.18. The van der Waals surface area contributed by atoms with E-state index in [4.69, 9.17) is 4.74 Å². The summed E-state index contributed by atoms with van der Waals surface area (Å²) in [6, 6.07) is 4.62. The number of nitrogens with zero attached hydrogens (tertiary/aromatic N) is 2. The lowest BCUT2D eigenvalue weighted by atomic mass is 10.2. The van der Waals surface area contributed by atoms with Gasteiger partial charge in [-0.2, -0.15) is 0 Å². The quantitative estimate of drug-likeness (QED) is 0.769. The summed E-state index contributed by atoms with van der Waals surface area (Å²) in [6.07, 6.45) is 2.99. The molecule has 1 heterocycles. The molecular weight excluding hydrogens is 226 g/mol. The Kier molecular flexibility index (Phi) is 6.68. The Bertz CT molecular complexity index is 344. The number of rotatable bonds is 8. The topological polar surface area (TPSA) is 37.4 Å². The van der Waals surface area contributed by atoms with Crippen LogP contribution in [0.5, 0.6) is 0 Å². The average molecular weight is 251 g/mol. The van der Waals surface area contributed by atoms with Crippen molar-refractivity contribution in [3.05, 3.63) is 24.0 Å². The fraction of sp³-hybridized carbons (Fsp3) is 0.643. The molecule has 0 aliphatic carbocycles. The minimum absolute atomic E-state index is 0.542. The molecule has 0 spiro atoms. The van der Waals surface area contributed by atoms with Gasteiger partial charge in [0.1, 0.15) is 0 Å². The average Bonchev–Trinajstić information content (AvgIpc) is 2.42. The van der Waals surface area contributed by atoms with Crippen LogP contribution >= 0.6 is 0 Å². The van der Waals surface area contributed by atoms with Crippen molar-refractivity contribution in [3.8, 4) is 0 Å². The maximum atomic E-state index is 5.18. The van der Waals surface area contributed by atoms with Gasteiger partial charge in [0.05, 0.1) is 12.3 Å². The lowest BCUT2D eigenvalue weighted by Gasteiger charge is -2.27. The van der Waals surface area contributed by atoms with Crippen LogP contribution in [0.4, 0.5) is 5.69 Å². The fourth-order valence-corrected chi connectivity index (χ4v) is 1.85. The molecule has 0 radical (unpaired) electrons. The molecule has 1 aromatic heterocycles. The van der Waals surface area contributed by atoms with Crippen molar-refractivity contribution in [1.82, 2.24) is 9.88 Å². The first kappa shape index (κ1) is 14.9. The van der Waals surface area contributed by atoms with Crippen LogP contribution in [0, 0.1) is 0 Å². The number of anilines is 1. The van der Waals surface area contributed by atoms with E-state index < -0.39 is 0 Å². The van der Waals surface area contributed by atoms with Crippen molar-refractivity contribution in [2.75, 3.05) is 32.6 Å². The molecule has 0 bridgehead atoms. The summed E-state index contributed by atoms with van der Waals surface area (Å²) in [5.74, 6) is 0. The van der Waals surface area contributed by atoms with E-state index in [-0.39, 0.29) is 0 Å².